The number of H-pyrrole nitrogens is 1. The van der Waals surface area contributed by atoms with Crippen LogP contribution in [0.2, 0.25) is 0 Å². The van der Waals surface area contributed by atoms with Crippen molar-refractivity contribution in [3.05, 3.63) is 34.1 Å². The molecule has 0 atom stereocenters. The Balaban J connectivity index is 1.93. The zero-order valence-electron chi connectivity index (χ0n) is 20.8. The standard InChI is InChI=1S/C26H36N2O6/c1-6-7-8-15-34-21-19(32-4)10-9-17-16-18(22(29)27-20(17)21)23(30)28-26(24(31)33-5)13-11-25(2,3)12-14-26/h9-10,16H,6-8,11-15H2,1-5H3,(H,27,29)(H,28,30). The van der Waals surface area contributed by atoms with Crippen LogP contribution in [0.1, 0.15) is 76.1 Å². The predicted octanol–water partition coefficient (Wildman–Crippen LogP) is 4.35. The fourth-order valence-electron chi connectivity index (χ4n) is 4.44. The number of pyridine rings is 1. The van der Waals surface area contributed by atoms with Gasteiger partial charge in [0.2, 0.25) is 0 Å². The van der Waals surface area contributed by atoms with Gasteiger partial charge in [0.1, 0.15) is 11.1 Å². The molecule has 1 aromatic heterocycles. The summed E-state index contributed by atoms with van der Waals surface area (Å²) < 4.78 is 16.4. The number of carbonyl (C=O) groups excluding carboxylic acids is 2. The number of fused-ring (bicyclic) bond motifs is 1. The van der Waals surface area contributed by atoms with E-state index in [4.69, 9.17) is 14.2 Å². The molecule has 3 rings (SSSR count). The number of methoxy groups -OCH3 is 2. The third-order valence-corrected chi connectivity index (χ3v) is 6.78. The molecule has 2 aromatic rings. The Bertz CT molecular complexity index is 1090. The van der Waals surface area contributed by atoms with Crippen LogP contribution in [-0.4, -0.2) is 43.2 Å². The van der Waals surface area contributed by atoms with Crippen molar-refractivity contribution < 1.29 is 23.8 Å². The summed E-state index contributed by atoms with van der Waals surface area (Å²) in [6, 6.07) is 5.04. The number of hydrogen-bond acceptors (Lipinski definition) is 6. The molecule has 1 heterocycles. The Kier molecular flexibility index (Phi) is 7.89. The summed E-state index contributed by atoms with van der Waals surface area (Å²) in [6.45, 7) is 6.88. The number of esters is 1. The molecule has 0 spiro atoms. The number of aromatic amines is 1. The molecule has 34 heavy (non-hydrogen) atoms. The van der Waals surface area contributed by atoms with Gasteiger partial charge in [-0.25, -0.2) is 4.79 Å². The van der Waals surface area contributed by atoms with E-state index in [0.29, 0.717) is 41.9 Å². The minimum atomic E-state index is -1.14. The Hall–Kier alpha value is -3.03. The first-order chi connectivity index (χ1) is 16.2. The lowest BCUT2D eigenvalue weighted by Gasteiger charge is -2.41. The lowest BCUT2D eigenvalue weighted by molar-refractivity contribution is -0.150. The van der Waals surface area contributed by atoms with Crippen LogP contribution in [0.15, 0.2) is 23.0 Å². The van der Waals surface area contributed by atoms with Crippen molar-refractivity contribution in [3.8, 4) is 11.5 Å². The van der Waals surface area contributed by atoms with Gasteiger partial charge in [0.15, 0.2) is 11.5 Å². The van der Waals surface area contributed by atoms with E-state index in [9.17, 15) is 14.4 Å². The number of benzene rings is 1. The van der Waals surface area contributed by atoms with E-state index >= 15 is 0 Å². The molecule has 0 aliphatic heterocycles. The quantitative estimate of drug-likeness (QED) is 0.415. The lowest BCUT2D eigenvalue weighted by Crippen LogP contribution is -2.58. The van der Waals surface area contributed by atoms with Gasteiger partial charge < -0.3 is 24.5 Å². The second-order valence-corrected chi connectivity index (χ2v) is 9.82. The summed E-state index contributed by atoms with van der Waals surface area (Å²) in [5, 5.41) is 3.47. The number of rotatable bonds is 9. The Morgan fingerprint density at radius 3 is 2.41 bits per heavy atom. The van der Waals surface area contributed by atoms with Gasteiger partial charge in [0.05, 0.1) is 26.3 Å². The first-order valence-corrected chi connectivity index (χ1v) is 11.9. The minimum Gasteiger partial charge on any atom is -0.493 e. The molecule has 2 N–H and O–H groups in total. The van der Waals surface area contributed by atoms with Crippen LogP contribution in [0.25, 0.3) is 10.9 Å². The third kappa shape index (κ3) is 5.37. The van der Waals surface area contributed by atoms with Crippen molar-refractivity contribution in [1.29, 1.82) is 0 Å². The maximum absolute atomic E-state index is 13.2. The number of aromatic nitrogens is 1. The minimum absolute atomic E-state index is 0.0669. The second kappa shape index (κ2) is 10.5. The highest BCUT2D eigenvalue weighted by atomic mass is 16.5. The van der Waals surface area contributed by atoms with Crippen LogP contribution < -0.4 is 20.3 Å². The summed E-state index contributed by atoms with van der Waals surface area (Å²) in [5.41, 5.74) is -1.22. The molecule has 0 unspecified atom stereocenters. The van der Waals surface area contributed by atoms with Crippen LogP contribution in [0.5, 0.6) is 11.5 Å². The highest BCUT2D eigenvalue weighted by Gasteiger charge is 2.46. The molecule has 0 bridgehead atoms. The SMILES string of the molecule is CCCCCOc1c(OC)ccc2cc(C(=O)NC3(C(=O)OC)CCC(C)(C)CC3)c(=O)[nH]c12. The molecular formula is C26H36N2O6. The summed E-state index contributed by atoms with van der Waals surface area (Å²) in [7, 11) is 2.85. The van der Waals surface area contributed by atoms with Gasteiger partial charge >= 0.3 is 5.97 Å². The number of hydrogen-bond donors (Lipinski definition) is 2. The number of amides is 1. The lowest BCUT2D eigenvalue weighted by atomic mass is 9.69. The molecule has 186 valence electrons. The van der Waals surface area contributed by atoms with Crippen LogP contribution in [0, 0.1) is 5.41 Å². The number of unbranched alkanes of at least 4 members (excludes halogenated alkanes) is 2. The highest BCUT2D eigenvalue weighted by Crippen LogP contribution is 2.41. The van der Waals surface area contributed by atoms with E-state index in [0.717, 1.165) is 32.1 Å². The summed E-state index contributed by atoms with van der Waals surface area (Å²) in [4.78, 5) is 41.6. The van der Waals surface area contributed by atoms with Crippen molar-refractivity contribution in [2.45, 2.75) is 71.3 Å². The van der Waals surface area contributed by atoms with Crippen molar-refractivity contribution >= 4 is 22.8 Å². The fraction of sp³-hybridized carbons (Fsp3) is 0.577. The zero-order chi connectivity index (χ0) is 24.9. The topological polar surface area (TPSA) is 107 Å². The first kappa shape index (κ1) is 25.6. The van der Waals surface area contributed by atoms with Gasteiger partial charge in [-0.2, -0.15) is 0 Å². The third-order valence-electron chi connectivity index (χ3n) is 6.78. The van der Waals surface area contributed by atoms with Crippen molar-refractivity contribution in [1.82, 2.24) is 10.3 Å². The smallest absolute Gasteiger partial charge is 0.331 e. The maximum atomic E-state index is 13.2. The van der Waals surface area contributed by atoms with Gasteiger partial charge in [0, 0.05) is 5.39 Å². The number of nitrogens with one attached hydrogen (secondary N) is 2. The monoisotopic (exact) mass is 472 g/mol. The van der Waals surface area contributed by atoms with Crippen LogP contribution >= 0.6 is 0 Å². The van der Waals surface area contributed by atoms with Crippen LogP contribution in [0.4, 0.5) is 0 Å². The average molecular weight is 473 g/mol. The molecule has 1 saturated carbocycles. The largest absolute Gasteiger partial charge is 0.493 e. The summed E-state index contributed by atoms with van der Waals surface area (Å²) in [5.74, 6) is -0.137. The molecule has 1 aliphatic carbocycles. The van der Waals surface area contributed by atoms with Gasteiger partial charge in [-0.05, 0) is 55.7 Å². The zero-order valence-corrected chi connectivity index (χ0v) is 20.8. The Labute approximate surface area is 200 Å². The number of ether oxygens (including phenoxy) is 3. The van der Waals surface area contributed by atoms with Crippen LogP contribution in [-0.2, 0) is 9.53 Å². The number of carbonyl (C=O) groups is 2. The van der Waals surface area contributed by atoms with Crippen molar-refractivity contribution in [2.75, 3.05) is 20.8 Å². The molecule has 1 aliphatic rings. The fourth-order valence-corrected chi connectivity index (χ4v) is 4.44. The highest BCUT2D eigenvalue weighted by molar-refractivity contribution is 6.01. The molecule has 1 amide bonds. The van der Waals surface area contributed by atoms with E-state index < -0.39 is 23.0 Å². The van der Waals surface area contributed by atoms with E-state index in [1.165, 1.54) is 20.3 Å². The van der Waals surface area contributed by atoms with Crippen molar-refractivity contribution in [2.24, 2.45) is 5.41 Å². The van der Waals surface area contributed by atoms with Gasteiger partial charge in [-0.15, -0.1) is 0 Å². The van der Waals surface area contributed by atoms with Gasteiger partial charge in [-0.3, -0.25) is 9.59 Å². The normalized spacial score (nSPS) is 16.6. The summed E-state index contributed by atoms with van der Waals surface area (Å²) in [6.07, 6.45) is 5.41. The predicted molar refractivity (Wildman–Crippen MR) is 131 cm³/mol. The van der Waals surface area contributed by atoms with Crippen molar-refractivity contribution in [3.63, 3.8) is 0 Å². The molecular weight excluding hydrogens is 436 g/mol. The van der Waals surface area contributed by atoms with E-state index in [-0.39, 0.29) is 11.0 Å². The Morgan fingerprint density at radius 2 is 1.79 bits per heavy atom. The Morgan fingerprint density at radius 1 is 1.09 bits per heavy atom. The maximum Gasteiger partial charge on any atom is 0.331 e. The van der Waals surface area contributed by atoms with E-state index in [1.54, 1.807) is 12.1 Å². The second-order valence-electron chi connectivity index (χ2n) is 9.82. The molecule has 1 aromatic carbocycles. The molecule has 8 heteroatoms. The molecule has 1 fully saturated rings. The molecule has 0 radical (unpaired) electrons. The first-order valence-electron chi connectivity index (χ1n) is 11.9. The van der Waals surface area contributed by atoms with E-state index in [1.807, 2.05) is 0 Å². The van der Waals surface area contributed by atoms with E-state index in [2.05, 4.69) is 31.1 Å². The van der Waals surface area contributed by atoms with Crippen LogP contribution in [0.3, 0.4) is 0 Å². The summed E-state index contributed by atoms with van der Waals surface area (Å²) >= 11 is 0. The molecule has 0 saturated heterocycles. The van der Waals surface area contributed by atoms with Gasteiger partial charge in [0.25, 0.3) is 11.5 Å². The molecule has 8 nitrogen and oxygen atoms in total. The van der Waals surface area contributed by atoms with Gasteiger partial charge in [-0.1, -0.05) is 33.6 Å². The average Bonchev–Trinajstić information content (AvgIpc) is 2.82.